The van der Waals surface area contributed by atoms with Crippen LogP contribution in [0.4, 0.5) is 39.5 Å². The first-order valence-corrected chi connectivity index (χ1v) is 12.6. The molecule has 0 unspecified atom stereocenters. The number of Topliss-reactive ketones (excluding diaryl/α,β-unsaturated/α-hetero) is 1. The van der Waals surface area contributed by atoms with Crippen LogP contribution < -0.4 is 0 Å². The maximum atomic E-state index is 12.2. The fraction of sp³-hybridized carbons (Fsp3) is 0.941. The molecule has 0 saturated heterocycles. The minimum atomic E-state index is -7.43. The Hall–Kier alpha value is -0.700. The Kier molecular flexibility index (Phi) is 13.3. The highest BCUT2D eigenvalue weighted by Crippen LogP contribution is 2.54. The lowest BCUT2D eigenvalue weighted by molar-refractivity contribution is -0.382. The first-order valence-electron chi connectivity index (χ1n) is 9.44. The summed E-state index contributed by atoms with van der Waals surface area (Å²) in [4.78, 5) is 11.7. The molecule has 0 atom stereocenters. The minimum absolute atomic E-state index is 0.225. The highest BCUT2D eigenvalue weighted by atomic mass is 32.2. The van der Waals surface area contributed by atoms with Crippen LogP contribution in [-0.2, 0) is 25.8 Å². The average molecular weight is 531 g/mol. The molecule has 194 valence electrons. The number of rotatable bonds is 12. The molecule has 0 N–H and O–H groups in total. The molecule has 0 saturated carbocycles. The van der Waals surface area contributed by atoms with Crippen molar-refractivity contribution in [3.05, 3.63) is 0 Å². The van der Waals surface area contributed by atoms with Gasteiger partial charge in [0.05, 0.1) is 0 Å². The van der Waals surface area contributed by atoms with Crippen molar-refractivity contribution in [2.45, 2.75) is 76.7 Å². The first-order chi connectivity index (χ1) is 14.1. The molecule has 0 aliphatic heterocycles. The monoisotopic (exact) mass is 530 g/mol. The third-order valence-electron chi connectivity index (χ3n) is 3.99. The molecule has 0 radical (unpaired) electrons. The number of halogens is 9. The van der Waals surface area contributed by atoms with Crippen LogP contribution >= 0.6 is 0 Å². The van der Waals surface area contributed by atoms with Crippen molar-refractivity contribution in [3.63, 3.8) is 0 Å². The molecular formula is C17H27F9O4S2. The van der Waals surface area contributed by atoms with Crippen molar-refractivity contribution < 1.29 is 57.3 Å². The molecule has 0 aromatic heterocycles. The minimum Gasteiger partial charge on any atom is -0.743 e. The van der Waals surface area contributed by atoms with Gasteiger partial charge in [0.15, 0.2) is 21.7 Å². The summed E-state index contributed by atoms with van der Waals surface area (Å²) in [6.45, 7) is 8.49. The highest BCUT2D eigenvalue weighted by Gasteiger charge is 2.83. The van der Waals surface area contributed by atoms with Gasteiger partial charge in [-0.2, -0.15) is 39.5 Å². The van der Waals surface area contributed by atoms with Crippen LogP contribution in [0.1, 0.15) is 53.4 Å². The molecule has 0 aromatic rings. The molecule has 0 aliphatic rings. The first kappa shape index (κ1) is 33.5. The molecule has 4 nitrogen and oxygen atoms in total. The predicted molar refractivity (Wildman–Crippen MR) is 102 cm³/mol. The van der Waals surface area contributed by atoms with Crippen molar-refractivity contribution >= 4 is 26.8 Å². The van der Waals surface area contributed by atoms with E-state index in [1.807, 2.05) is 13.8 Å². The van der Waals surface area contributed by atoms with Crippen LogP contribution in [0.25, 0.3) is 0 Å². The normalized spacial score (nSPS) is 13.9. The Labute approximate surface area is 184 Å². The van der Waals surface area contributed by atoms with E-state index in [4.69, 9.17) is 0 Å². The SMILES string of the molecule is CCCC[S+](CCCC)CC(=O)C(C)C.O=S(=O)([O-])C(F)(F)C(F)(F)C(F)(F)C(F)(F)F. The quantitative estimate of drug-likeness (QED) is 0.193. The van der Waals surface area contributed by atoms with Crippen LogP contribution in [0.15, 0.2) is 0 Å². The molecule has 0 aromatic carbocycles. The smallest absolute Gasteiger partial charge is 0.460 e. The molecule has 0 heterocycles. The van der Waals surface area contributed by atoms with Crippen LogP contribution in [0.5, 0.6) is 0 Å². The van der Waals surface area contributed by atoms with E-state index in [2.05, 4.69) is 13.8 Å². The van der Waals surface area contributed by atoms with E-state index in [1.54, 1.807) is 0 Å². The van der Waals surface area contributed by atoms with Crippen LogP contribution in [0, 0.1) is 5.92 Å². The van der Waals surface area contributed by atoms with Gasteiger partial charge in [0, 0.05) is 5.92 Å². The molecule has 0 bridgehead atoms. The van der Waals surface area contributed by atoms with E-state index in [1.165, 1.54) is 37.2 Å². The average Bonchev–Trinajstić information content (AvgIpc) is 2.61. The van der Waals surface area contributed by atoms with E-state index in [9.17, 15) is 57.3 Å². The van der Waals surface area contributed by atoms with Gasteiger partial charge < -0.3 is 4.55 Å². The lowest BCUT2D eigenvalue weighted by Gasteiger charge is -2.34. The molecule has 0 rings (SSSR count). The second-order valence-corrected chi connectivity index (χ2v) is 10.9. The van der Waals surface area contributed by atoms with Crippen molar-refractivity contribution in [2.24, 2.45) is 5.92 Å². The van der Waals surface area contributed by atoms with Gasteiger partial charge in [-0.05, 0) is 23.7 Å². The molecule has 0 amide bonds. The summed E-state index contributed by atoms with van der Waals surface area (Å²) in [7, 11) is -7.04. The zero-order valence-electron chi connectivity index (χ0n) is 17.9. The number of unbranched alkanes of at least 4 members (excludes halogenated alkanes) is 2. The van der Waals surface area contributed by atoms with E-state index in [0.29, 0.717) is 16.7 Å². The van der Waals surface area contributed by atoms with Gasteiger partial charge in [-0.1, -0.05) is 40.5 Å². The lowest BCUT2D eigenvalue weighted by Crippen LogP contribution is -2.63. The standard InChI is InChI=1S/C13H27OS.C4HF9O3S/c1-5-7-9-15(10-8-6-2)11-13(14)12(3)4;5-1(6,3(9,10)11)2(7,8)4(12,13)17(14,15)16/h12H,5-11H2,1-4H3;(H,14,15,16)/q+1;/p-1. The third kappa shape index (κ3) is 8.92. The van der Waals surface area contributed by atoms with Crippen molar-refractivity contribution in [3.8, 4) is 0 Å². The Bertz CT molecular complexity index is 670. The van der Waals surface area contributed by atoms with Crippen LogP contribution in [-0.4, -0.2) is 59.3 Å². The number of carbonyl (C=O) groups excluding carboxylic acids is 1. The lowest BCUT2D eigenvalue weighted by atomic mass is 10.1. The second-order valence-electron chi connectivity index (χ2n) is 7.11. The maximum absolute atomic E-state index is 12.2. The summed E-state index contributed by atoms with van der Waals surface area (Å²) in [5, 5.41) is -7.11. The highest BCUT2D eigenvalue weighted by molar-refractivity contribution is 7.97. The molecule has 0 spiro atoms. The van der Waals surface area contributed by atoms with Crippen molar-refractivity contribution in [2.75, 3.05) is 17.3 Å². The number of carbonyl (C=O) groups is 1. The van der Waals surface area contributed by atoms with Crippen LogP contribution in [0.3, 0.4) is 0 Å². The van der Waals surface area contributed by atoms with Gasteiger partial charge in [0.25, 0.3) is 0 Å². The van der Waals surface area contributed by atoms with Gasteiger partial charge in [-0.25, -0.2) is 8.42 Å². The van der Waals surface area contributed by atoms with Gasteiger partial charge in [-0.15, -0.1) is 0 Å². The van der Waals surface area contributed by atoms with Gasteiger partial charge >= 0.3 is 23.3 Å². The topological polar surface area (TPSA) is 74.3 Å². The Morgan fingerprint density at radius 2 is 1.22 bits per heavy atom. The molecule has 0 fully saturated rings. The summed E-state index contributed by atoms with van der Waals surface area (Å²) in [6, 6.07) is 0. The zero-order valence-corrected chi connectivity index (χ0v) is 19.5. The van der Waals surface area contributed by atoms with Crippen molar-refractivity contribution in [1.82, 2.24) is 0 Å². The summed E-state index contributed by atoms with van der Waals surface area (Å²) >= 11 is 0. The number of hydrogen-bond acceptors (Lipinski definition) is 4. The van der Waals surface area contributed by atoms with E-state index in [-0.39, 0.29) is 5.92 Å². The fourth-order valence-electron chi connectivity index (χ4n) is 1.83. The Morgan fingerprint density at radius 1 is 0.844 bits per heavy atom. The molecule has 32 heavy (non-hydrogen) atoms. The summed E-state index contributed by atoms with van der Waals surface area (Å²) in [5.41, 5.74) is 0. The zero-order chi connectivity index (χ0) is 26.2. The van der Waals surface area contributed by atoms with Crippen molar-refractivity contribution in [1.29, 1.82) is 0 Å². The number of ketones is 1. The fourth-order valence-corrected chi connectivity index (χ4v) is 4.89. The number of hydrogen-bond donors (Lipinski definition) is 0. The largest absolute Gasteiger partial charge is 0.743 e. The maximum Gasteiger partial charge on any atom is 0.460 e. The Morgan fingerprint density at radius 3 is 1.47 bits per heavy atom. The summed E-state index contributed by atoms with van der Waals surface area (Å²) in [6.07, 6.45) is -2.07. The van der Waals surface area contributed by atoms with E-state index in [0.717, 1.165) is 5.75 Å². The van der Waals surface area contributed by atoms with Crippen LogP contribution in [0.2, 0.25) is 0 Å². The third-order valence-corrected chi connectivity index (χ3v) is 7.30. The van der Waals surface area contributed by atoms with Gasteiger partial charge in [0.1, 0.15) is 11.5 Å². The Balaban J connectivity index is 0. The molecule has 15 heteroatoms. The van der Waals surface area contributed by atoms with E-state index < -0.39 is 33.4 Å². The van der Waals surface area contributed by atoms with E-state index >= 15 is 0 Å². The molecular weight excluding hydrogens is 503 g/mol. The summed E-state index contributed by atoms with van der Waals surface area (Å²) < 4.78 is 135. The van der Waals surface area contributed by atoms with Gasteiger partial charge in [-0.3, -0.25) is 4.79 Å². The second kappa shape index (κ2) is 12.7. The van der Waals surface area contributed by atoms with Gasteiger partial charge in [0.2, 0.25) is 0 Å². The molecule has 0 aliphatic carbocycles. The predicted octanol–water partition coefficient (Wildman–Crippen LogP) is 5.39. The summed E-state index contributed by atoms with van der Waals surface area (Å²) in [5.74, 6) is -10.7. The number of alkyl halides is 9.